The number of sulfone groups is 1. The molecule has 4 aromatic rings. The van der Waals surface area contributed by atoms with Crippen LogP contribution in [0.2, 0.25) is 0 Å². The summed E-state index contributed by atoms with van der Waals surface area (Å²) in [6.07, 6.45) is 2.89. The maximum Gasteiger partial charge on any atom is 0.243 e. The zero-order valence-corrected chi connectivity index (χ0v) is 22.3. The lowest BCUT2D eigenvalue weighted by Gasteiger charge is -2.26. The van der Waals surface area contributed by atoms with Gasteiger partial charge in [-0.05, 0) is 42.5 Å². The standard InChI is InChI=1S/C28H24N4O5S2/c29-20-27(38(33,34)25-11-5-2-6-12-25)19-23-21-32(24-9-3-1-4-10-24)30-28(23)22-8-7-13-26(18-22)39(35,36)31-14-16-37-17-15-31/h1-13,18-19,21H,14-17H2/b27-19-. The summed E-state index contributed by atoms with van der Waals surface area (Å²) in [5, 5.41) is 14.5. The largest absolute Gasteiger partial charge is 0.379 e. The van der Waals surface area contributed by atoms with Gasteiger partial charge in [0.15, 0.2) is 0 Å². The molecule has 198 valence electrons. The third-order valence-corrected chi connectivity index (χ3v) is 9.79. The van der Waals surface area contributed by atoms with E-state index in [9.17, 15) is 22.1 Å². The Morgan fingerprint density at radius 3 is 2.18 bits per heavy atom. The molecular weight excluding hydrogens is 536 g/mol. The number of hydrogen-bond acceptors (Lipinski definition) is 7. The normalized spacial score (nSPS) is 15.1. The van der Waals surface area contributed by atoms with E-state index in [0.717, 1.165) is 0 Å². The molecule has 1 aromatic heterocycles. The highest BCUT2D eigenvalue weighted by Gasteiger charge is 2.27. The van der Waals surface area contributed by atoms with Crippen LogP contribution in [0.5, 0.6) is 0 Å². The summed E-state index contributed by atoms with van der Waals surface area (Å²) in [4.78, 5) is -0.378. The molecule has 0 N–H and O–H groups in total. The van der Waals surface area contributed by atoms with Crippen LogP contribution in [-0.4, -0.2) is 57.2 Å². The minimum absolute atomic E-state index is 0.00611. The summed E-state index contributed by atoms with van der Waals surface area (Å²) in [6.45, 7) is 1.16. The number of ether oxygens (including phenoxy) is 1. The van der Waals surface area contributed by atoms with Crippen molar-refractivity contribution in [3.05, 3.63) is 102 Å². The summed E-state index contributed by atoms with van der Waals surface area (Å²) in [7, 11) is -7.88. The Balaban J connectivity index is 1.64. The zero-order valence-electron chi connectivity index (χ0n) is 20.7. The Hall–Kier alpha value is -4.08. The molecule has 1 aliphatic rings. The molecule has 2 heterocycles. The zero-order chi connectivity index (χ0) is 27.5. The summed E-state index contributed by atoms with van der Waals surface area (Å²) < 4.78 is 61.3. The van der Waals surface area contributed by atoms with Gasteiger partial charge in [-0.1, -0.05) is 48.5 Å². The van der Waals surface area contributed by atoms with Gasteiger partial charge in [0.2, 0.25) is 19.9 Å². The first-order valence-electron chi connectivity index (χ1n) is 12.1. The van der Waals surface area contributed by atoms with Crippen molar-refractivity contribution in [3.63, 3.8) is 0 Å². The fraction of sp³-hybridized carbons (Fsp3) is 0.143. The van der Waals surface area contributed by atoms with Crippen molar-refractivity contribution >= 4 is 25.9 Å². The maximum absolute atomic E-state index is 13.3. The second-order valence-electron chi connectivity index (χ2n) is 8.69. The van der Waals surface area contributed by atoms with Crippen LogP contribution in [0.4, 0.5) is 0 Å². The summed E-state index contributed by atoms with van der Waals surface area (Å²) in [5.41, 5.74) is 1.84. The topological polar surface area (TPSA) is 122 Å². The van der Waals surface area contributed by atoms with Crippen LogP contribution in [0.1, 0.15) is 5.56 Å². The quantitative estimate of drug-likeness (QED) is 0.314. The van der Waals surface area contributed by atoms with Gasteiger partial charge in [0, 0.05) is 30.4 Å². The number of rotatable bonds is 7. The molecule has 0 atom stereocenters. The average Bonchev–Trinajstić information content (AvgIpc) is 3.41. The number of aromatic nitrogens is 2. The predicted molar refractivity (Wildman–Crippen MR) is 146 cm³/mol. The van der Waals surface area contributed by atoms with Gasteiger partial charge in [-0.15, -0.1) is 0 Å². The first-order valence-corrected chi connectivity index (χ1v) is 15.0. The molecule has 39 heavy (non-hydrogen) atoms. The number of sulfonamides is 1. The van der Waals surface area contributed by atoms with Gasteiger partial charge in [-0.2, -0.15) is 14.7 Å². The van der Waals surface area contributed by atoms with Crippen molar-refractivity contribution < 1.29 is 21.6 Å². The summed E-state index contributed by atoms with van der Waals surface area (Å²) in [6, 6.07) is 25.0. The first-order chi connectivity index (χ1) is 18.8. The number of benzene rings is 3. The van der Waals surface area contributed by atoms with Gasteiger partial charge in [-0.25, -0.2) is 21.5 Å². The number of hydrogen-bond donors (Lipinski definition) is 0. The first kappa shape index (κ1) is 26.5. The monoisotopic (exact) mass is 560 g/mol. The highest BCUT2D eigenvalue weighted by molar-refractivity contribution is 7.95. The van der Waals surface area contributed by atoms with Crippen LogP contribution in [0.25, 0.3) is 23.0 Å². The van der Waals surface area contributed by atoms with E-state index in [1.165, 1.54) is 34.6 Å². The third kappa shape index (κ3) is 5.41. The van der Waals surface area contributed by atoms with Gasteiger partial charge in [0.25, 0.3) is 0 Å². The van der Waals surface area contributed by atoms with E-state index < -0.39 is 24.8 Å². The van der Waals surface area contributed by atoms with Crippen LogP contribution < -0.4 is 0 Å². The minimum Gasteiger partial charge on any atom is -0.379 e. The van der Waals surface area contributed by atoms with E-state index in [2.05, 4.69) is 5.10 Å². The van der Waals surface area contributed by atoms with Gasteiger partial charge in [-0.3, -0.25) is 0 Å². The van der Waals surface area contributed by atoms with E-state index >= 15 is 0 Å². The summed E-state index contributed by atoms with van der Waals surface area (Å²) >= 11 is 0. The SMILES string of the molecule is N#C/C(=C/c1cn(-c2ccccc2)nc1-c1cccc(S(=O)(=O)N2CCOCC2)c1)S(=O)(=O)c1ccccc1. The fourth-order valence-electron chi connectivity index (χ4n) is 4.21. The third-order valence-electron chi connectivity index (χ3n) is 6.22. The van der Waals surface area contributed by atoms with Crippen LogP contribution >= 0.6 is 0 Å². The molecule has 1 aliphatic heterocycles. The van der Waals surface area contributed by atoms with Crippen molar-refractivity contribution in [2.75, 3.05) is 26.3 Å². The Morgan fingerprint density at radius 2 is 1.51 bits per heavy atom. The predicted octanol–water partition coefficient (Wildman–Crippen LogP) is 3.90. The highest BCUT2D eigenvalue weighted by atomic mass is 32.2. The number of nitriles is 1. The molecule has 11 heteroatoms. The van der Waals surface area contributed by atoms with Crippen molar-refractivity contribution in [3.8, 4) is 23.0 Å². The molecule has 0 unspecified atom stereocenters. The number of nitrogens with zero attached hydrogens (tertiary/aromatic N) is 4. The molecule has 0 aliphatic carbocycles. The lowest BCUT2D eigenvalue weighted by molar-refractivity contribution is 0.0730. The van der Waals surface area contributed by atoms with Crippen molar-refractivity contribution in [1.29, 1.82) is 5.26 Å². The van der Waals surface area contributed by atoms with Crippen molar-refractivity contribution in [1.82, 2.24) is 14.1 Å². The molecule has 3 aromatic carbocycles. The van der Waals surface area contributed by atoms with Gasteiger partial charge < -0.3 is 4.74 Å². The van der Waals surface area contributed by atoms with Gasteiger partial charge >= 0.3 is 0 Å². The molecule has 0 spiro atoms. The van der Waals surface area contributed by atoms with Crippen molar-refractivity contribution in [2.45, 2.75) is 9.79 Å². The Kier molecular flexibility index (Phi) is 7.45. The van der Waals surface area contributed by atoms with Gasteiger partial charge in [0.1, 0.15) is 16.7 Å². The molecule has 0 bridgehead atoms. The Labute approximate surface area is 227 Å². The molecular formula is C28H24N4O5S2. The van der Waals surface area contributed by atoms with E-state index in [1.807, 2.05) is 36.4 Å². The van der Waals surface area contributed by atoms with E-state index in [-0.39, 0.29) is 22.9 Å². The molecule has 1 saturated heterocycles. The van der Waals surface area contributed by atoms with E-state index in [1.54, 1.807) is 41.2 Å². The highest BCUT2D eigenvalue weighted by Crippen LogP contribution is 2.30. The number of allylic oxidation sites excluding steroid dienone is 1. The van der Waals surface area contributed by atoms with E-state index in [4.69, 9.17) is 4.74 Å². The second-order valence-corrected chi connectivity index (χ2v) is 12.6. The maximum atomic E-state index is 13.3. The van der Waals surface area contributed by atoms with Crippen LogP contribution in [0.3, 0.4) is 0 Å². The average molecular weight is 561 g/mol. The molecule has 9 nitrogen and oxygen atoms in total. The minimum atomic E-state index is -4.10. The number of morpholine rings is 1. The Morgan fingerprint density at radius 1 is 0.872 bits per heavy atom. The second kappa shape index (κ2) is 11.0. The summed E-state index contributed by atoms with van der Waals surface area (Å²) in [5.74, 6) is 0. The van der Waals surface area contributed by atoms with Crippen LogP contribution in [-0.2, 0) is 24.6 Å². The Bertz CT molecular complexity index is 1770. The fourth-order valence-corrected chi connectivity index (χ4v) is 6.83. The molecule has 5 rings (SSSR count). The van der Waals surface area contributed by atoms with Crippen LogP contribution in [0.15, 0.2) is 106 Å². The molecule has 1 fully saturated rings. The lowest BCUT2D eigenvalue weighted by Crippen LogP contribution is -2.40. The molecule has 0 saturated carbocycles. The molecule has 0 amide bonds. The smallest absolute Gasteiger partial charge is 0.243 e. The van der Waals surface area contributed by atoms with E-state index in [0.29, 0.717) is 35.7 Å². The van der Waals surface area contributed by atoms with Crippen LogP contribution in [0, 0.1) is 11.3 Å². The lowest BCUT2D eigenvalue weighted by atomic mass is 10.1. The van der Waals surface area contributed by atoms with Crippen molar-refractivity contribution in [2.24, 2.45) is 0 Å². The van der Waals surface area contributed by atoms with Gasteiger partial charge in [0.05, 0.1) is 28.7 Å². The number of para-hydroxylation sites is 1. The molecule has 0 radical (unpaired) electrons.